The Morgan fingerprint density at radius 2 is 2.06 bits per heavy atom. The van der Waals surface area contributed by atoms with Gasteiger partial charge in [-0.15, -0.1) is 6.58 Å². The lowest BCUT2D eigenvalue weighted by molar-refractivity contribution is -0.147. The minimum absolute atomic E-state index is 0.163. The third-order valence-electron chi connectivity index (χ3n) is 2.86. The highest BCUT2D eigenvalue weighted by molar-refractivity contribution is 5.73. The van der Waals surface area contributed by atoms with Crippen molar-refractivity contribution < 1.29 is 9.53 Å². The van der Waals surface area contributed by atoms with Crippen molar-refractivity contribution >= 4 is 5.97 Å². The van der Waals surface area contributed by atoms with Crippen LogP contribution in [0.2, 0.25) is 0 Å². The van der Waals surface area contributed by atoms with Crippen molar-refractivity contribution in [3.63, 3.8) is 0 Å². The number of hydrogen-bond donors (Lipinski definition) is 0. The van der Waals surface area contributed by atoms with Crippen molar-refractivity contribution in [2.24, 2.45) is 5.92 Å². The molecule has 2 nitrogen and oxygen atoms in total. The van der Waals surface area contributed by atoms with E-state index in [1.165, 1.54) is 11.1 Å². The van der Waals surface area contributed by atoms with Gasteiger partial charge in [-0.1, -0.05) is 43.0 Å². The van der Waals surface area contributed by atoms with Crippen LogP contribution in [0.25, 0.3) is 0 Å². The summed E-state index contributed by atoms with van der Waals surface area (Å²) in [7, 11) is 0. The number of allylic oxidation sites excluding steroid dienone is 1. The molecule has 18 heavy (non-hydrogen) atoms. The van der Waals surface area contributed by atoms with Crippen LogP contribution in [0.4, 0.5) is 0 Å². The van der Waals surface area contributed by atoms with E-state index < -0.39 is 0 Å². The number of hydrogen-bond acceptors (Lipinski definition) is 2. The van der Waals surface area contributed by atoms with Crippen LogP contribution in [0.15, 0.2) is 49.6 Å². The van der Waals surface area contributed by atoms with Gasteiger partial charge >= 0.3 is 5.97 Å². The molecular weight excluding hydrogens is 224 g/mol. The van der Waals surface area contributed by atoms with Crippen LogP contribution in [0, 0.1) is 12.8 Å². The van der Waals surface area contributed by atoms with E-state index in [4.69, 9.17) is 4.74 Å². The molecule has 0 unspecified atom stereocenters. The second-order valence-corrected chi connectivity index (χ2v) is 4.27. The zero-order valence-electron chi connectivity index (χ0n) is 10.9. The first-order valence-electron chi connectivity index (χ1n) is 6.12. The first kappa shape index (κ1) is 14.2. The highest BCUT2D eigenvalue weighted by Gasteiger charge is 2.19. The predicted molar refractivity (Wildman–Crippen MR) is 74.3 cm³/mol. The van der Waals surface area contributed by atoms with E-state index in [9.17, 15) is 4.79 Å². The Balaban J connectivity index is 2.73. The first-order chi connectivity index (χ1) is 8.69. The van der Waals surface area contributed by atoms with Crippen molar-refractivity contribution in [1.82, 2.24) is 0 Å². The van der Waals surface area contributed by atoms with Crippen molar-refractivity contribution in [2.75, 3.05) is 6.61 Å². The summed E-state index contributed by atoms with van der Waals surface area (Å²) in [6.07, 6.45) is 4.66. The molecule has 0 fully saturated rings. The Morgan fingerprint density at radius 3 is 2.67 bits per heavy atom. The van der Waals surface area contributed by atoms with E-state index in [2.05, 4.69) is 26.1 Å². The predicted octanol–water partition coefficient (Wildman–Crippen LogP) is 3.46. The molecule has 0 saturated heterocycles. The molecule has 0 amide bonds. The molecule has 0 aliphatic carbocycles. The maximum Gasteiger partial charge on any atom is 0.309 e. The topological polar surface area (TPSA) is 26.3 Å². The highest BCUT2D eigenvalue weighted by Crippen LogP contribution is 2.17. The van der Waals surface area contributed by atoms with Gasteiger partial charge in [0, 0.05) is 0 Å². The fourth-order valence-electron chi connectivity index (χ4n) is 1.83. The summed E-state index contributed by atoms with van der Waals surface area (Å²) in [6, 6.07) is 8.08. The molecule has 0 heterocycles. The van der Waals surface area contributed by atoms with Gasteiger partial charge in [-0.05, 0) is 30.9 Å². The summed E-state index contributed by atoms with van der Waals surface area (Å²) in [6.45, 7) is 9.55. The van der Waals surface area contributed by atoms with Gasteiger partial charge < -0.3 is 4.74 Å². The van der Waals surface area contributed by atoms with Crippen LogP contribution in [-0.2, 0) is 16.0 Å². The maximum absolute atomic E-state index is 11.9. The van der Waals surface area contributed by atoms with Crippen LogP contribution in [-0.4, -0.2) is 12.6 Å². The molecule has 0 aliphatic rings. The van der Waals surface area contributed by atoms with Crippen molar-refractivity contribution in [1.29, 1.82) is 0 Å². The lowest BCUT2D eigenvalue weighted by Gasteiger charge is -2.15. The van der Waals surface area contributed by atoms with Gasteiger partial charge in [0.25, 0.3) is 0 Å². The lowest BCUT2D eigenvalue weighted by atomic mass is 9.94. The molecular formula is C16H20O2. The van der Waals surface area contributed by atoms with E-state index in [1.807, 2.05) is 18.2 Å². The Labute approximate surface area is 109 Å². The molecule has 2 heteroatoms. The van der Waals surface area contributed by atoms with E-state index in [0.717, 1.165) is 0 Å². The van der Waals surface area contributed by atoms with Gasteiger partial charge in [0.1, 0.15) is 6.61 Å². The monoisotopic (exact) mass is 244 g/mol. The second kappa shape index (κ2) is 7.49. The molecule has 1 atom stereocenters. The molecule has 0 bridgehead atoms. The fraction of sp³-hybridized carbons (Fsp3) is 0.312. The minimum atomic E-state index is -0.182. The van der Waals surface area contributed by atoms with Gasteiger partial charge in [0.05, 0.1) is 5.92 Å². The molecule has 0 N–H and O–H groups in total. The van der Waals surface area contributed by atoms with Crippen LogP contribution >= 0.6 is 0 Å². The zero-order chi connectivity index (χ0) is 13.4. The number of carbonyl (C=O) groups excluding carboxylic acids is 1. The number of aryl methyl sites for hydroxylation is 1. The Bertz CT molecular complexity index is 421. The number of benzene rings is 1. The number of rotatable bonds is 7. The average molecular weight is 244 g/mol. The average Bonchev–Trinajstić information content (AvgIpc) is 2.38. The lowest BCUT2D eigenvalue weighted by Crippen LogP contribution is -2.20. The summed E-state index contributed by atoms with van der Waals surface area (Å²) < 4.78 is 5.11. The smallest absolute Gasteiger partial charge is 0.309 e. The van der Waals surface area contributed by atoms with Crippen LogP contribution in [0.3, 0.4) is 0 Å². The van der Waals surface area contributed by atoms with E-state index in [-0.39, 0.29) is 18.5 Å². The van der Waals surface area contributed by atoms with Crippen LogP contribution < -0.4 is 0 Å². The standard InChI is InChI=1S/C16H20O2/c1-4-8-15(16(17)18-11-5-2)12-14-10-7-6-9-13(14)3/h4-7,9-10,15H,1-2,8,11-12H2,3H3/t15-/m0/s1. The Morgan fingerprint density at radius 1 is 1.33 bits per heavy atom. The minimum Gasteiger partial charge on any atom is -0.461 e. The van der Waals surface area contributed by atoms with Gasteiger partial charge in [0.15, 0.2) is 0 Å². The van der Waals surface area contributed by atoms with E-state index in [1.54, 1.807) is 12.2 Å². The molecule has 0 aromatic heterocycles. The summed E-state index contributed by atoms with van der Waals surface area (Å²) >= 11 is 0. The van der Waals surface area contributed by atoms with E-state index >= 15 is 0 Å². The molecule has 1 rings (SSSR count). The first-order valence-corrected chi connectivity index (χ1v) is 6.12. The third kappa shape index (κ3) is 4.21. The second-order valence-electron chi connectivity index (χ2n) is 4.27. The highest BCUT2D eigenvalue weighted by atomic mass is 16.5. The van der Waals surface area contributed by atoms with Gasteiger partial charge in [-0.2, -0.15) is 0 Å². The van der Waals surface area contributed by atoms with Crippen molar-refractivity contribution in [3.8, 4) is 0 Å². The molecule has 0 aliphatic heterocycles. The van der Waals surface area contributed by atoms with Crippen LogP contribution in [0.1, 0.15) is 17.5 Å². The molecule has 1 aromatic rings. The van der Waals surface area contributed by atoms with Crippen molar-refractivity contribution in [3.05, 3.63) is 60.7 Å². The molecule has 1 aromatic carbocycles. The molecule has 0 spiro atoms. The largest absolute Gasteiger partial charge is 0.461 e. The zero-order valence-corrected chi connectivity index (χ0v) is 10.9. The Hall–Kier alpha value is -1.83. The summed E-state index contributed by atoms with van der Waals surface area (Å²) in [5.74, 6) is -0.346. The molecule has 0 radical (unpaired) electrons. The SMILES string of the molecule is C=CCOC(=O)[C@@H](CC=C)Cc1ccccc1C. The number of esters is 1. The maximum atomic E-state index is 11.9. The summed E-state index contributed by atoms with van der Waals surface area (Å²) in [5, 5.41) is 0. The van der Waals surface area contributed by atoms with Gasteiger partial charge in [0.2, 0.25) is 0 Å². The third-order valence-corrected chi connectivity index (χ3v) is 2.86. The summed E-state index contributed by atoms with van der Waals surface area (Å²) in [4.78, 5) is 11.9. The quantitative estimate of drug-likeness (QED) is 0.542. The molecule has 96 valence electrons. The van der Waals surface area contributed by atoms with Crippen molar-refractivity contribution in [2.45, 2.75) is 19.8 Å². The van der Waals surface area contributed by atoms with Gasteiger partial charge in [-0.3, -0.25) is 4.79 Å². The Kier molecular flexibility index (Phi) is 5.92. The molecule has 0 saturated carbocycles. The van der Waals surface area contributed by atoms with Gasteiger partial charge in [-0.25, -0.2) is 0 Å². The van der Waals surface area contributed by atoms with E-state index in [0.29, 0.717) is 12.8 Å². The number of carbonyl (C=O) groups is 1. The normalized spacial score (nSPS) is 11.6. The fourth-order valence-corrected chi connectivity index (χ4v) is 1.83. The van der Waals surface area contributed by atoms with Crippen LogP contribution in [0.5, 0.6) is 0 Å². The summed E-state index contributed by atoms with van der Waals surface area (Å²) in [5.41, 5.74) is 2.38. The number of ether oxygens (including phenoxy) is 1.